The molecule has 0 aromatic heterocycles. The first-order chi connectivity index (χ1) is 12.2. The second-order valence-electron chi connectivity index (χ2n) is 6.06. The van der Waals surface area contributed by atoms with Gasteiger partial charge >= 0.3 is 5.97 Å². The fraction of sp³-hybridized carbons (Fsp3) is 0.316. The van der Waals surface area contributed by atoms with Gasteiger partial charge in [-0.05, 0) is 34.1 Å². The maximum absolute atomic E-state index is 11.5. The van der Waals surface area contributed by atoms with Gasteiger partial charge in [-0.3, -0.25) is 4.79 Å². The SMILES string of the molecule is CCC(=O)O[C@@H]1COc2cc(N[C@@H]3COc4c(Br)cccc43)ccc21. The molecule has 0 bridgehead atoms. The number of carbonyl (C=O) groups excluding carboxylic acids is 1. The molecule has 0 unspecified atom stereocenters. The fourth-order valence-electron chi connectivity index (χ4n) is 3.14. The van der Waals surface area contributed by atoms with E-state index in [-0.39, 0.29) is 18.1 Å². The first kappa shape index (κ1) is 16.3. The minimum absolute atomic E-state index is 0.0840. The third kappa shape index (κ3) is 3.06. The van der Waals surface area contributed by atoms with Crippen molar-refractivity contribution in [1.29, 1.82) is 0 Å². The van der Waals surface area contributed by atoms with E-state index < -0.39 is 0 Å². The maximum atomic E-state index is 11.5. The van der Waals surface area contributed by atoms with Gasteiger partial charge in [0.15, 0.2) is 6.10 Å². The van der Waals surface area contributed by atoms with Crippen molar-refractivity contribution in [3.63, 3.8) is 0 Å². The lowest BCUT2D eigenvalue weighted by Crippen LogP contribution is -2.12. The number of ether oxygens (including phenoxy) is 3. The summed E-state index contributed by atoms with van der Waals surface area (Å²) in [5.74, 6) is 1.44. The quantitative estimate of drug-likeness (QED) is 0.767. The molecule has 0 radical (unpaired) electrons. The monoisotopic (exact) mass is 403 g/mol. The first-order valence-electron chi connectivity index (χ1n) is 8.29. The molecule has 2 aliphatic heterocycles. The van der Waals surface area contributed by atoms with E-state index in [4.69, 9.17) is 14.2 Å². The average molecular weight is 404 g/mol. The molecule has 6 heteroatoms. The van der Waals surface area contributed by atoms with Gasteiger partial charge in [0.2, 0.25) is 0 Å². The van der Waals surface area contributed by atoms with E-state index in [2.05, 4.69) is 27.3 Å². The summed E-state index contributed by atoms with van der Waals surface area (Å²) in [6, 6.07) is 12.0. The highest BCUT2D eigenvalue weighted by molar-refractivity contribution is 9.10. The van der Waals surface area contributed by atoms with E-state index in [1.807, 2.05) is 30.3 Å². The van der Waals surface area contributed by atoms with Crippen LogP contribution in [0.3, 0.4) is 0 Å². The number of benzene rings is 2. The van der Waals surface area contributed by atoms with Crippen molar-refractivity contribution < 1.29 is 19.0 Å². The van der Waals surface area contributed by atoms with Crippen LogP contribution in [0.4, 0.5) is 5.69 Å². The molecule has 0 saturated heterocycles. The summed E-state index contributed by atoms with van der Waals surface area (Å²) in [6.45, 7) is 2.73. The van der Waals surface area contributed by atoms with Crippen LogP contribution in [-0.2, 0) is 9.53 Å². The topological polar surface area (TPSA) is 56.8 Å². The zero-order valence-electron chi connectivity index (χ0n) is 13.8. The van der Waals surface area contributed by atoms with Gasteiger partial charge in [0.05, 0.1) is 10.5 Å². The lowest BCUT2D eigenvalue weighted by atomic mass is 10.1. The van der Waals surface area contributed by atoms with Gasteiger partial charge in [0.25, 0.3) is 0 Å². The van der Waals surface area contributed by atoms with Crippen LogP contribution in [0.25, 0.3) is 0 Å². The molecular weight excluding hydrogens is 386 g/mol. The molecular formula is C19H18BrNO4. The second-order valence-corrected chi connectivity index (χ2v) is 6.92. The van der Waals surface area contributed by atoms with Gasteiger partial charge < -0.3 is 19.5 Å². The van der Waals surface area contributed by atoms with Crippen molar-refractivity contribution >= 4 is 27.6 Å². The van der Waals surface area contributed by atoms with Crippen molar-refractivity contribution in [3.05, 3.63) is 52.0 Å². The fourth-order valence-corrected chi connectivity index (χ4v) is 3.64. The van der Waals surface area contributed by atoms with Crippen LogP contribution in [0.1, 0.15) is 36.6 Å². The van der Waals surface area contributed by atoms with E-state index in [1.54, 1.807) is 6.92 Å². The number of halogens is 1. The number of hydrogen-bond donors (Lipinski definition) is 1. The molecule has 0 spiro atoms. The third-order valence-corrected chi connectivity index (χ3v) is 5.05. The summed E-state index contributed by atoms with van der Waals surface area (Å²) in [6.07, 6.45) is 0.0465. The molecule has 0 fully saturated rings. The zero-order valence-corrected chi connectivity index (χ0v) is 15.3. The van der Waals surface area contributed by atoms with Crippen LogP contribution in [0.5, 0.6) is 11.5 Å². The van der Waals surface area contributed by atoms with Gasteiger partial charge in [-0.25, -0.2) is 0 Å². The molecule has 0 amide bonds. The summed E-state index contributed by atoms with van der Waals surface area (Å²) in [7, 11) is 0. The third-order valence-electron chi connectivity index (χ3n) is 4.42. The number of anilines is 1. The molecule has 0 saturated carbocycles. The predicted octanol–water partition coefficient (Wildman–Crippen LogP) is 4.38. The number of fused-ring (bicyclic) bond motifs is 2. The Bertz CT molecular complexity index is 823. The Kier molecular flexibility index (Phi) is 4.29. The molecule has 4 rings (SSSR count). The summed E-state index contributed by atoms with van der Waals surface area (Å²) in [4.78, 5) is 11.5. The second kappa shape index (κ2) is 6.59. The summed E-state index contributed by atoms with van der Waals surface area (Å²) < 4.78 is 17.9. The smallest absolute Gasteiger partial charge is 0.306 e. The minimum Gasteiger partial charge on any atom is -0.490 e. The number of rotatable bonds is 4. The first-order valence-corrected chi connectivity index (χ1v) is 9.09. The molecule has 1 N–H and O–H groups in total. The van der Waals surface area contributed by atoms with Crippen molar-refractivity contribution in [3.8, 4) is 11.5 Å². The molecule has 2 aromatic rings. The molecule has 2 heterocycles. The van der Waals surface area contributed by atoms with Crippen LogP contribution >= 0.6 is 15.9 Å². The Balaban J connectivity index is 1.51. The molecule has 2 atom stereocenters. The highest BCUT2D eigenvalue weighted by Crippen LogP contribution is 2.41. The van der Waals surface area contributed by atoms with Crippen LogP contribution in [0.15, 0.2) is 40.9 Å². The Labute approximate surface area is 154 Å². The number of nitrogens with one attached hydrogen (secondary N) is 1. The minimum atomic E-state index is -0.317. The van der Waals surface area contributed by atoms with E-state index >= 15 is 0 Å². The standard InChI is InChI=1S/C19H18BrNO4/c1-2-18(22)25-17-10-23-16-8-11(6-7-13(16)17)21-15-9-24-19-12(15)4-3-5-14(19)20/h3-8,15,17,21H,2,9-10H2,1H3/t15-,17-/m1/s1. The lowest BCUT2D eigenvalue weighted by Gasteiger charge is -2.14. The van der Waals surface area contributed by atoms with Crippen LogP contribution in [0, 0.1) is 0 Å². The number of hydrogen-bond acceptors (Lipinski definition) is 5. The zero-order chi connectivity index (χ0) is 17.4. The van der Waals surface area contributed by atoms with Gasteiger partial charge in [0, 0.05) is 29.3 Å². The van der Waals surface area contributed by atoms with Crippen LogP contribution in [-0.4, -0.2) is 19.2 Å². The molecule has 25 heavy (non-hydrogen) atoms. The summed E-state index contributed by atoms with van der Waals surface area (Å²) in [5.41, 5.74) is 2.99. The Morgan fingerprint density at radius 3 is 2.96 bits per heavy atom. The average Bonchev–Trinajstić information content (AvgIpc) is 3.20. The molecule has 0 aliphatic carbocycles. The van der Waals surface area contributed by atoms with Crippen LogP contribution < -0.4 is 14.8 Å². The van der Waals surface area contributed by atoms with Gasteiger partial charge in [-0.15, -0.1) is 0 Å². The largest absolute Gasteiger partial charge is 0.490 e. The Morgan fingerprint density at radius 2 is 2.12 bits per heavy atom. The van der Waals surface area contributed by atoms with E-state index in [9.17, 15) is 4.79 Å². The van der Waals surface area contributed by atoms with Gasteiger partial charge in [-0.2, -0.15) is 0 Å². The maximum Gasteiger partial charge on any atom is 0.306 e. The van der Waals surface area contributed by atoms with Crippen molar-refractivity contribution in [2.24, 2.45) is 0 Å². The van der Waals surface area contributed by atoms with Gasteiger partial charge in [-0.1, -0.05) is 19.1 Å². The van der Waals surface area contributed by atoms with Crippen molar-refractivity contribution in [2.75, 3.05) is 18.5 Å². The van der Waals surface area contributed by atoms with E-state index in [0.29, 0.717) is 19.6 Å². The summed E-state index contributed by atoms with van der Waals surface area (Å²) >= 11 is 3.52. The van der Waals surface area contributed by atoms with Crippen molar-refractivity contribution in [2.45, 2.75) is 25.5 Å². The van der Waals surface area contributed by atoms with Crippen LogP contribution in [0.2, 0.25) is 0 Å². The number of para-hydroxylation sites is 1. The molecule has 130 valence electrons. The number of esters is 1. The lowest BCUT2D eigenvalue weighted by molar-refractivity contribution is -0.149. The normalized spacial score (nSPS) is 20.2. The van der Waals surface area contributed by atoms with E-state index in [1.165, 1.54) is 0 Å². The molecule has 5 nitrogen and oxygen atoms in total. The van der Waals surface area contributed by atoms with Crippen molar-refractivity contribution in [1.82, 2.24) is 0 Å². The Morgan fingerprint density at radius 1 is 1.24 bits per heavy atom. The highest BCUT2D eigenvalue weighted by atomic mass is 79.9. The number of carbonyl (C=O) groups is 1. The summed E-state index contributed by atoms with van der Waals surface area (Å²) in [5, 5.41) is 3.49. The van der Waals surface area contributed by atoms with E-state index in [0.717, 1.165) is 32.8 Å². The Hall–Kier alpha value is -2.21. The van der Waals surface area contributed by atoms with Gasteiger partial charge in [0.1, 0.15) is 24.7 Å². The highest BCUT2D eigenvalue weighted by Gasteiger charge is 2.29. The predicted molar refractivity (Wildman–Crippen MR) is 97.1 cm³/mol. The molecule has 2 aromatic carbocycles. The molecule has 2 aliphatic rings.